The highest BCUT2D eigenvalue weighted by Crippen LogP contribution is 2.24. The van der Waals surface area contributed by atoms with E-state index in [4.69, 9.17) is 14.2 Å². The lowest BCUT2D eigenvalue weighted by Gasteiger charge is -2.28. The molecule has 2 saturated heterocycles. The molecular weight excluding hydrogens is 465 g/mol. The number of hydrogen-bond donors (Lipinski definition) is 1. The predicted octanol–water partition coefficient (Wildman–Crippen LogP) is 3.73. The van der Waals surface area contributed by atoms with E-state index in [0.29, 0.717) is 38.7 Å². The zero-order valence-corrected chi connectivity index (χ0v) is 20.5. The number of carbonyl (C=O) groups is 1. The van der Waals surface area contributed by atoms with Crippen molar-refractivity contribution < 1.29 is 28.5 Å². The van der Waals surface area contributed by atoms with Gasteiger partial charge in [-0.1, -0.05) is 6.07 Å². The predicted molar refractivity (Wildman–Crippen MR) is 136 cm³/mol. The molecule has 2 aromatic rings. The summed E-state index contributed by atoms with van der Waals surface area (Å²) in [6.07, 6.45) is 1.23. The molecule has 0 radical (unpaired) electrons. The molecular formula is C27H32FN3O5. The van der Waals surface area contributed by atoms with Gasteiger partial charge in [-0.25, -0.2) is 9.18 Å². The first-order valence-electron chi connectivity index (χ1n) is 12.2. The summed E-state index contributed by atoms with van der Waals surface area (Å²) < 4.78 is 30.6. The van der Waals surface area contributed by atoms with Gasteiger partial charge in [0.2, 0.25) is 0 Å². The Hall–Kier alpha value is -3.27. The van der Waals surface area contributed by atoms with Gasteiger partial charge in [-0.05, 0) is 48.9 Å². The Kier molecular flexibility index (Phi) is 9.05. The van der Waals surface area contributed by atoms with E-state index in [9.17, 15) is 14.3 Å². The maximum Gasteiger partial charge on any atom is 0.343 e. The minimum atomic E-state index is -0.776. The minimum Gasteiger partial charge on any atom is -0.506 e. The lowest BCUT2D eigenvalue weighted by atomic mass is 10.0. The number of rotatable bonds is 8. The number of aliphatic hydroxyl groups is 1. The van der Waals surface area contributed by atoms with Crippen LogP contribution in [-0.4, -0.2) is 81.4 Å². The third kappa shape index (κ3) is 6.69. The van der Waals surface area contributed by atoms with Crippen LogP contribution in [0.3, 0.4) is 0 Å². The van der Waals surface area contributed by atoms with E-state index in [0.717, 1.165) is 37.4 Å². The molecule has 0 unspecified atom stereocenters. The number of aliphatic imine (C=N–C) groups is 1. The number of carbonyl (C=O) groups excluding carboxylic acids is 1. The molecule has 2 aliphatic heterocycles. The molecule has 36 heavy (non-hydrogen) atoms. The summed E-state index contributed by atoms with van der Waals surface area (Å²) in [5.74, 6) is -1.92. The maximum atomic E-state index is 14.8. The van der Waals surface area contributed by atoms with Gasteiger partial charge < -0.3 is 24.2 Å². The van der Waals surface area contributed by atoms with Crippen molar-refractivity contribution in [2.24, 2.45) is 4.99 Å². The SMILES string of the molecule is CCOC(=O)C(C=Nc1ccc(N2CCOCC2)cc1)=C(O)c1cc(CN2CCOCC2)ccc1F. The topological polar surface area (TPSA) is 83.8 Å². The van der Waals surface area contributed by atoms with E-state index >= 15 is 0 Å². The number of nitrogens with zero attached hydrogens (tertiary/aromatic N) is 3. The molecule has 0 aromatic heterocycles. The van der Waals surface area contributed by atoms with Crippen molar-refractivity contribution in [3.8, 4) is 0 Å². The summed E-state index contributed by atoms with van der Waals surface area (Å²) in [5, 5.41) is 11.0. The zero-order valence-electron chi connectivity index (χ0n) is 20.5. The molecule has 4 rings (SSSR count). The Morgan fingerprint density at radius 3 is 2.39 bits per heavy atom. The highest BCUT2D eigenvalue weighted by atomic mass is 19.1. The van der Waals surface area contributed by atoms with Crippen LogP contribution in [0.5, 0.6) is 0 Å². The van der Waals surface area contributed by atoms with Crippen LogP contribution in [0.1, 0.15) is 18.1 Å². The van der Waals surface area contributed by atoms with Crippen molar-refractivity contribution in [2.75, 3.05) is 64.1 Å². The molecule has 0 bridgehead atoms. The fourth-order valence-electron chi connectivity index (χ4n) is 4.14. The third-order valence-electron chi connectivity index (χ3n) is 6.11. The van der Waals surface area contributed by atoms with E-state index in [2.05, 4.69) is 14.8 Å². The van der Waals surface area contributed by atoms with Crippen molar-refractivity contribution >= 4 is 29.3 Å². The van der Waals surface area contributed by atoms with Crippen LogP contribution in [0.4, 0.5) is 15.8 Å². The van der Waals surface area contributed by atoms with E-state index in [-0.39, 0.29) is 17.7 Å². The van der Waals surface area contributed by atoms with Crippen LogP contribution in [0, 0.1) is 5.82 Å². The van der Waals surface area contributed by atoms with Crippen molar-refractivity contribution in [1.82, 2.24) is 4.90 Å². The van der Waals surface area contributed by atoms with Gasteiger partial charge in [-0.2, -0.15) is 0 Å². The molecule has 2 heterocycles. The Morgan fingerprint density at radius 2 is 1.72 bits per heavy atom. The summed E-state index contributed by atoms with van der Waals surface area (Å²) in [6, 6.07) is 12.1. The summed E-state index contributed by atoms with van der Waals surface area (Å²) >= 11 is 0. The Bertz CT molecular complexity index is 1090. The van der Waals surface area contributed by atoms with E-state index in [1.165, 1.54) is 12.3 Å². The minimum absolute atomic E-state index is 0.0714. The molecule has 8 nitrogen and oxygen atoms in total. The Morgan fingerprint density at radius 1 is 1.06 bits per heavy atom. The van der Waals surface area contributed by atoms with Gasteiger partial charge in [0, 0.05) is 44.6 Å². The van der Waals surface area contributed by atoms with Gasteiger partial charge in [0.05, 0.1) is 44.3 Å². The first-order chi connectivity index (χ1) is 17.5. The summed E-state index contributed by atoms with van der Waals surface area (Å²) in [5.41, 5.74) is 2.18. The largest absolute Gasteiger partial charge is 0.506 e. The number of ether oxygens (including phenoxy) is 3. The third-order valence-corrected chi connectivity index (χ3v) is 6.11. The molecule has 0 spiro atoms. The van der Waals surface area contributed by atoms with Gasteiger partial charge in [0.1, 0.15) is 17.1 Å². The number of anilines is 1. The molecule has 2 aromatic carbocycles. The number of aliphatic hydroxyl groups excluding tert-OH is 1. The molecule has 0 atom stereocenters. The standard InChI is InChI=1S/C27H32FN3O5/c1-2-36-27(33)24(18-29-21-4-6-22(7-5-21)31-11-15-35-16-12-31)26(32)23-17-20(3-8-25(23)28)19-30-9-13-34-14-10-30/h3-8,17-18,32H,2,9-16,19H2,1H3. The zero-order chi connectivity index (χ0) is 25.3. The fraction of sp³-hybridized carbons (Fsp3) is 0.407. The molecule has 1 N–H and O–H groups in total. The van der Waals surface area contributed by atoms with E-state index in [1.807, 2.05) is 24.3 Å². The first kappa shape index (κ1) is 25.8. The van der Waals surface area contributed by atoms with Crippen molar-refractivity contribution in [1.29, 1.82) is 0 Å². The molecule has 0 aliphatic carbocycles. The van der Waals surface area contributed by atoms with Crippen molar-refractivity contribution in [3.63, 3.8) is 0 Å². The monoisotopic (exact) mass is 497 g/mol. The first-order valence-corrected chi connectivity index (χ1v) is 12.2. The van der Waals surface area contributed by atoms with Crippen LogP contribution < -0.4 is 4.90 Å². The molecule has 0 amide bonds. The van der Waals surface area contributed by atoms with Gasteiger partial charge in [-0.15, -0.1) is 0 Å². The molecule has 192 valence electrons. The molecule has 0 saturated carbocycles. The van der Waals surface area contributed by atoms with Gasteiger partial charge >= 0.3 is 5.97 Å². The van der Waals surface area contributed by atoms with Crippen molar-refractivity contribution in [3.05, 3.63) is 65.0 Å². The summed E-state index contributed by atoms with van der Waals surface area (Å²) in [6.45, 7) is 8.24. The number of benzene rings is 2. The second-order valence-electron chi connectivity index (χ2n) is 8.56. The quantitative estimate of drug-likeness (QED) is 0.258. The summed E-state index contributed by atoms with van der Waals surface area (Å²) in [4.78, 5) is 21.4. The smallest absolute Gasteiger partial charge is 0.343 e. The van der Waals surface area contributed by atoms with E-state index < -0.39 is 17.5 Å². The van der Waals surface area contributed by atoms with Crippen LogP contribution >= 0.6 is 0 Å². The van der Waals surface area contributed by atoms with Crippen LogP contribution in [0.2, 0.25) is 0 Å². The normalized spacial score (nSPS) is 17.8. The Balaban J connectivity index is 1.58. The lowest BCUT2D eigenvalue weighted by Crippen LogP contribution is -2.36. The number of esters is 1. The Labute approximate surface area is 210 Å². The fourth-order valence-corrected chi connectivity index (χ4v) is 4.14. The highest BCUT2D eigenvalue weighted by Gasteiger charge is 2.20. The van der Waals surface area contributed by atoms with E-state index in [1.54, 1.807) is 19.1 Å². The average Bonchev–Trinajstić information content (AvgIpc) is 2.91. The van der Waals surface area contributed by atoms with Crippen molar-refractivity contribution in [2.45, 2.75) is 13.5 Å². The summed E-state index contributed by atoms with van der Waals surface area (Å²) in [7, 11) is 0. The molecule has 9 heteroatoms. The number of morpholine rings is 2. The number of halogens is 1. The lowest BCUT2D eigenvalue weighted by molar-refractivity contribution is -0.137. The average molecular weight is 498 g/mol. The van der Waals surface area contributed by atoms with Crippen LogP contribution in [-0.2, 0) is 25.5 Å². The highest BCUT2D eigenvalue weighted by molar-refractivity contribution is 6.15. The second kappa shape index (κ2) is 12.6. The van der Waals surface area contributed by atoms with Crippen LogP contribution in [0.15, 0.2) is 53.0 Å². The van der Waals surface area contributed by atoms with Crippen LogP contribution in [0.25, 0.3) is 5.76 Å². The molecule has 2 aliphatic rings. The van der Waals surface area contributed by atoms with Gasteiger partial charge in [-0.3, -0.25) is 9.89 Å². The van der Waals surface area contributed by atoms with Gasteiger partial charge in [0.15, 0.2) is 0 Å². The maximum absolute atomic E-state index is 14.8. The number of hydrogen-bond acceptors (Lipinski definition) is 8. The molecule has 2 fully saturated rings. The second-order valence-corrected chi connectivity index (χ2v) is 8.56. The van der Waals surface area contributed by atoms with Gasteiger partial charge in [0.25, 0.3) is 0 Å².